The molecule has 2 rings (SSSR count). The molecule has 0 N–H and O–H groups in total. The Balaban J connectivity index is 1.94. The molecule has 1 fully saturated rings. The summed E-state index contributed by atoms with van der Waals surface area (Å²) in [6.45, 7) is 6.20. The predicted octanol–water partition coefficient (Wildman–Crippen LogP) is 3.70. The number of Topliss-reactive ketones (excluding diaryl/α,β-unsaturated/α-hetero) is 1. The molecular formula is C22H32O6. The van der Waals surface area contributed by atoms with Crippen molar-refractivity contribution >= 4 is 11.8 Å². The van der Waals surface area contributed by atoms with Gasteiger partial charge >= 0.3 is 5.97 Å². The lowest BCUT2D eigenvalue weighted by atomic mass is 9.75. The number of hydrogen-bond donors (Lipinski definition) is 0. The Morgan fingerprint density at radius 3 is 2.50 bits per heavy atom. The quantitative estimate of drug-likeness (QED) is 0.597. The van der Waals surface area contributed by atoms with Crippen molar-refractivity contribution < 1.29 is 28.5 Å². The van der Waals surface area contributed by atoms with E-state index >= 15 is 0 Å². The van der Waals surface area contributed by atoms with Gasteiger partial charge in [0.2, 0.25) is 0 Å². The summed E-state index contributed by atoms with van der Waals surface area (Å²) in [5.41, 5.74) is 0.362. The Morgan fingerprint density at radius 1 is 1.25 bits per heavy atom. The summed E-state index contributed by atoms with van der Waals surface area (Å²) in [5, 5.41) is 0. The number of hydrogen-bond acceptors (Lipinski definition) is 6. The van der Waals surface area contributed by atoms with E-state index in [2.05, 4.69) is 6.92 Å². The molecule has 0 saturated carbocycles. The first kappa shape index (κ1) is 22.4. The van der Waals surface area contributed by atoms with Crippen molar-refractivity contribution in [2.24, 2.45) is 5.41 Å². The zero-order chi connectivity index (χ0) is 20.7. The maximum atomic E-state index is 12.6. The monoisotopic (exact) mass is 392 g/mol. The second-order valence-corrected chi connectivity index (χ2v) is 7.80. The smallest absolute Gasteiger partial charge is 0.308 e. The van der Waals surface area contributed by atoms with Gasteiger partial charge in [0.15, 0.2) is 0 Å². The molecule has 28 heavy (non-hydrogen) atoms. The molecule has 0 aromatic heterocycles. The van der Waals surface area contributed by atoms with E-state index in [0.29, 0.717) is 19.4 Å². The van der Waals surface area contributed by atoms with Crippen molar-refractivity contribution in [3.8, 4) is 5.75 Å². The Bertz CT molecular complexity index is 651. The SMILES string of the molecule is CC[C@H](C[C@@H]1CC(=O)C(C)(C)[C@H](CC(=O)OC)O1)OCc1ccc(OC)cc1. The largest absolute Gasteiger partial charge is 0.497 e. The van der Waals surface area contributed by atoms with Gasteiger partial charge in [0, 0.05) is 12.8 Å². The van der Waals surface area contributed by atoms with Gasteiger partial charge in [-0.05, 0) is 24.1 Å². The number of methoxy groups -OCH3 is 2. The molecule has 6 heteroatoms. The number of rotatable bonds is 9. The second kappa shape index (κ2) is 10.0. The first-order valence-electron chi connectivity index (χ1n) is 9.80. The first-order chi connectivity index (χ1) is 13.3. The van der Waals surface area contributed by atoms with Gasteiger partial charge in [0.05, 0.1) is 51.0 Å². The van der Waals surface area contributed by atoms with Crippen LogP contribution in [-0.4, -0.2) is 44.3 Å². The Hall–Kier alpha value is -1.92. The van der Waals surface area contributed by atoms with Gasteiger partial charge < -0.3 is 18.9 Å². The van der Waals surface area contributed by atoms with Crippen LogP contribution >= 0.6 is 0 Å². The van der Waals surface area contributed by atoms with Gasteiger partial charge in [0.1, 0.15) is 11.5 Å². The third kappa shape index (κ3) is 5.79. The average Bonchev–Trinajstić information content (AvgIpc) is 2.69. The molecule has 1 aromatic carbocycles. The topological polar surface area (TPSA) is 71.1 Å². The predicted molar refractivity (Wildman–Crippen MR) is 105 cm³/mol. The summed E-state index contributed by atoms with van der Waals surface area (Å²) < 4.78 is 22.1. The van der Waals surface area contributed by atoms with E-state index in [0.717, 1.165) is 17.7 Å². The molecule has 1 aromatic rings. The number of ether oxygens (including phenoxy) is 4. The fraction of sp³-hybridized carbons (Fsp3) is 0.636. The van der Waals surface area contributed by atoms with Gasteiger partial charge in [-0.2, -0.15) is 0 Å². The zero-order valence-electron chi connectivity index (χ0n) is 17.5. The molecule has 0 bridgehead atoms. The Kier molecular flexibility index (Phi) is 8.01. The number of carbonyl (C=O) groups excluding carboxylic acids is 2. The molecule has 0 spiro atoms. The van der Waals surface area contributed by atoms with Crippen LogP contribution in [0.5, 0.6) is 5.75 Å². The molecule has 1 aliphatic rings. The van der Waals surface area contributed by atoms with E-state index in [-0.39, 0.29) is 30.4 Å². The van der Waals surface area contributed by atoms with Gasteiger partial charge in [-0.3, -0.25) is 9.59 Å². The maximum Gasteiger partial charge on any atom is 0.308 e. The van der Waals surface area contributed by atoms with Crippen LogP contribution in [0.3, 0.4) is 0 Å². The highest BCUT2D eigenvalue weighted by Crippen LogP contribution is 2.36. The van der Waals surface area contributed by atoms with Crippen molar-refractivity contribution in [2.45, 2.75) is 71.4 Å². The number of carbonyl (C=O) groups is 2. The summed E-state index contributed by atoms with van der Waals surface area (Å²) in [7, 11) is 2.98. The molecule has 156 valence electrons. The minimum Gasteiger partial charge on any atom is -0.497 e. The zero-order valence-corrected chi connectivity index (χ0v) is 17.5. The third-order valence-electron chi connectivity index (χ3n) is 5.50. The van der Waals surface area contributed by atoms with Crippen LogP contribution in [0.2, 0.25) is 0 Å². The van der Waals surface area contributed by atoms with Crippen LogP contribution in [0.4, 0.5) is 0 Å². The van der Waals surface area contributed by atoms with Crippen LogP contribution in [0.25, 0.3) is 0 Å². The van der Waals surface area contributed by atoms with Gasteiger partial charge in [0.25, 0.3) is 0 Å². The summed E-state index contributed by atoms with van der Waals surface area (Å²) in [5.74, 6) is 0.557. The lowest BCUT2D eigenvalue weighted by Crippen LogP contribution is -2.49. The Labute approximate surface area is 167 Å². The van der Waals surface area contributed by atoms with Gasteiger partial charge in [-0.15, -0.1) is 0 Å². The minimum atomic E-state index is -0.698. The molecule has 1 saturated heterocycles. The lowest BCUT2D eigenvalue weighted by molar-refractivity contribution is -0.170. The normalized spacial score (nSPS) is 22.5. The molecule has 0 aliphatic carbocycles. The fourth-order valence-corrected chi connectivity index (χ4v) is 3.36. The first-order valence-corrected chi connectivity index (χ1v) is 9.80. The van der Waals surface area contributed by atoms with Crippen molar-refractivity contribution in [3.05, 3.63) is 29.8 Å². The summed E-state index contributed by atoms with van der Waals surface area (Å²) >= 11 is 0. The highest BCUT2D eigenvalue weighted by molar-refractivity contribution is 5.86. The molecule has 1 aliphatic heterocycles. The fourth-order valence-electron chi connectivity index (χ4n) is 3.36. The van der Waals surface area contributed by atoms with Crippen molar-refractivity contribution in [2.75, 3.05) is 14.2 Å². The van der Waals surface area contributed by atoms with Crippen LogP contribution in [-0.2, 0) is 30.4 Å². The van der Waals surface area contributed by atoms with E-state index in [4.69, 9.17) is 18.9 Å². The molecule has 1 heterocycles. The third-order valence-corrected chi connectivity index (χ3v) is 5.50. The van der Waals surface area contributed by atoms with Crippen LogP contribution in [0.1, 0.15) is 52.0 Å². The molecule has 0 amide bonds. The van der Waals surface area contributed by atoms with E-state index in [9.17, 15) is 9.59 Å². The highest BCUT2D eigenvalue weighted by Gasteiger charge is 2.45. The van der Waals surface area contributed by atoms with Crippen molar-refractivity contribution in [3.63, 3.8) is 0 Å². The van der Waals surface area contributed by atoms with Gasteiger partial charge in [-0.1, -0.05) is 32.9 Å². The second-order valence-electron chi connectivity index (χ2n) is 7.80. The number of esters is 1. The summed E-state index contributed by atoms with van der Waals surface area (Å²) in [6, 6.07) is 7.76. The van der Waals surface area contributed by atoms with Crippen LogP contribution in [0.15, 0.2) is 24.3 Å². The minimum absolute atomic E-state index is 0.0279. The number of ketones is 1. The molecular weight excluding hydrogens is 360 g/mol. The summed E-state index contributed by atoms with van der Waals surface area (Å²) in [4.78, 5) is 24.3. The molecule has 3 atom stereocenters. The van der Waals surface area contributed by atoms with E-state index in [1.165, 1.54) is 7.11 Å². The van der Waals surface area contributed by atoms with E-state index < -0.39 is 11.5 Å². The average molecular weight is 392 g/mol. The standard InChI is InChI=1S/C22H32O6/c1-6-16(27-14-15-7-9-17(25-4)10-8-15)11-18-12-19(23)22(2,3)20(28-18)13-21(24)26-5/h7-10,16,18,20H,6,11-14H2,1-5H3/t16-,18-,20+/m1/s1. The van der Waals surface area contributed by atoms with Crippen LogP contribution in [0, 0.1) is 5.41 Å². The van der Waals surface area contributed by atoms with Crippen LogP contribution < -0.4 is 4.74 Å². The van der Waals surface area contributed by atoms with E-state index in [1.807, 2.05) is 38.1 Å². The lowest BCUT2D eigenvalue weighted by Gasteiger charge is -2.41. The molecule has 0 unspecified atom stereocenters. The molecule has 6 nitrogen and oxygen atoms in total. The van der Waals surface area contributed by atoms with E-state index in [1.54, 1.807) is 7.11 Å². The van der Waals surface area contributed by atoms with Crippen molar-refractivity contribution in [1.29, 1.82) is 0 Å². The summed E-state index contributed by atoms with van der Waals surface area (Å²) in [6.07, 6.45) is 1.09. The van der Waals surface area contributed by atoms with Gasteiger partial charge in [-0.25, -0.2) is 0 Å². The highest BCUT2D eigenvalue weighted by atomic mass is 16.5. The van der Waals surface area contributed by atoms with Crippen molar-refractivity contribution in [1.82, 2.24) is 0 Å². The molecule has 0 radical (unpaired) electrons. The Morgan fingerprint density at radius 2 is 1.93 bits per heavy atom. The number of benzene rings is 1. The maximum absolute atomic E-state index is 12.6.